The quantitative estimate of drug-likeness (QED) is 0.0295. The van der Waals surface area contributed by atoms with Crippen molar-refractivity contribution in [2.24, 2.45) is 13.0 Å². The second kappa shape index (κ2) is 21.7. The number of esters is 3. The second-order valence-electron chi connectivity index (χ2n) is 13.2. The number of carbonyl (C=O) groups is 5. The molecule has 4 N–H and O–H groups in total. The summed E-state index contributed by atoms with van der Waals surface area (Å²) >= 11 is 6.33. The molecule has 1 amide bonds. The molecule has 3 aromatic carbocycles. The monoisotopic (exact) mass is 997 g/mol. The summed E-state index contributed by atoms with van der Waals surface area (Å²) in [5.41, 5.74) is 9.51. The zero-order chi connectivity index (χ0) is 46.7. The van der Waals surface area contributed by atoms with Gasteiger partial charge in [0.05, 0.1) is 83.7 Å². The van der Waals surface area contributed by atoms with Gasteiger partial charge in [-0.1, -0.05) is 0 Å². The number of aryl methyl sites for hydroxylation is 1. The molecule has 1 aliphatic carbocycles. The Morgan fingerprint density at radius 3 is 1.84 bits per heavy atom. The maximum absolute atomic E-state index is 12.3. The Hall–Kier alpha value is -7.01. The number of nitrogens with zero attached hydrogens (tertiary/aromatic N) is 6. The number of Topliss-reactive ketones (excluding diaryl/α,β-unsaturated/α-hetero) is 1. The molecule has 0 bridgehead atoms. The van der Waals surface area contributed by atoms with Crippen molar-refractivity contribution in [2.75, 3.05) is 51.9 Å². The molecule has 332 valence electrons. The first kappa shape index (κ1) is 48.7. The number of amides is 1. The second-order valence-corrected chi connectivity index (χ2v) is 14.9. The third-order valence-electron chi connectivity index (χ3n) is 8.84. The SMILES string of the molecule is COC(=O)c1cc(Br)c(OC)c([N+](=O)[O-])c1.COC(=O)c1cc(N)c(OC)c(Br)c1.COC(=O)c1cc(Nc2cc(NC(=O)C3CC3)nnc2C(C)=O)c(C)c(-c2cnn(C)n2)c1. The predicted molar refractivity (Wildman–Crippen MR) is 234 cm³/mol. The highest BCUT2D eigenvalue weighted by atomic mass is 79.9. The van der Waals surface area contributed by atoms with Crippen LogP contribution in [0, 0.1) is 23.0 Å². The number of ether oxygens (including phenoxy) is 5. The van der Waals surface area contributed by atoms with E-state index in [1.54, 1.807) is 37.5 Å². The van der Waals surface area contributed by atoms with Gasteiger partial charge in [-0.2, -0.15) is 15.0 Å². The van der Waals surface area contributed by atoms with E-state index in [1.807, 2.05) is 6.92 Å². The van der Waals surface area contributed by atoms with Crippen LogP contribution in [-0.2, 0) is 26.1 Å². The molecule has 0 spiro atoms. The third kappa shape index (κ3) is 12.3. The first-order valence-electron chi connectivity index (χ1n) is 18.2. The van der Waals surface area contributed by atoms with Crippen molar-refractivity contribution in [1.29, 1.82) is 0 Å². The number of nitrogen functional groups attached to an aromatic ring is 1. The fourth-order valence-corrected chi connectivity index (χ4v) is 6.81. The number of nitrogens with two attached hydrogens (primary N) is 1. The van der Waals surface area contributed by atoms with E-state index in [9.17, 15) is 34.1 Å². The lowest BCUT2D eigenvalue weighted by Gasteiger charge is -2.16. The molecular formula is C40H41Br2N9O12. The van der Waals surface area contributed by atoms with Crippen LogP contribution in [0.4, 0.5) is 28.6 Å². The highest BCUT2D eigenvalue weighted by Gasteiger charge is 2.30. The average molecular weight is 1000 g/mol. The summed E-state index contributed by atoms with van der Waals surface area (Å²) in [6.07, 6.45) is 3.29. The van der Waals surface area contributed by atoms with E-state index in [0.717, 1.165) is 24.5 Å². The van der Waals surface area contributed by atoms with Gasteiger partial charge in [0.15, 0.2) is 23.0 Å². The highest BCUT2D eigenvalue weighted by Crippen LogP contribution is 2.37. The number of halogens is 2. The molecule has 2 heterocycles. The number of anilines is 4. The van der Waals surface area contributed by atoms with Gasteiger partial charge in [-0.25, -0.2) is 14.4 Å². The fourth-order valence-electron chi connectivity index (χ4n) is 5.56. The Balaban J connectivity index is 0.000000241. The van der Waals surface area contributed by atoms with Crippen LogP contribution in [0.1, 0.15) is 66.9 Å². The minimum absolute atomic E-state index is 0.00999. The molecule has 0 unspecified atom stereocenters. The summed E-state index contributed by atoms with van der Waals surface area (Å²) in [5, 5.41) is 33.1. The van der Waals surface area contributed by atoms with E-state index >= 15 is 0 Å². The number of nitro groups is 1. The summed E-state index contributed by atoms with van der Waals surface area (Å²) in [6, 6.07) is 10.5. The number of methoxy groups -OCH3 is 5. The topological polar surface area (TPSA) is 281 Å². The third-order valence-corrected chi connectivity index (χ3v) is 10.0. The van der Waals surface area contributed by atoms with Crippen molar-refractivity contribution < 1.29 is 52.6 Å². The number of ketones is 1. The number of rotatable bonds is 12. The van der Waals surface area contributed by atoms with Crippen LogP contribution < -0.4 is 25.8 Å². The molecule has 21 nitrogen and oxygen atoms in total. The normalized spacial score (nSPS) is 11.3. The molecule has 5 aromatic rings. The van der Waals surface area contributed by atoms with Crippen LogP contribution in [-0.4, -0.2) is 95.3 Å². The van der Waals surface area contributed by atoms with Gasteiger partial charge in [0.1, 0.15) is 5.69 Å². The van der Waals surface area contributed by atoms with Gasteiger partial charge in [-0.15, -0.1) is 10.2 Å². The van der Waals surface area contributed by atoms with Crippen molar-refractivity contribution >= 4 is 90.0 Å². The summed E-state index contributed by atoms with van der Waals surface area (Å²) in [6.45, 7) is 3.23. The van der Waals surface area contributed by atoms with Gasteiger partial charge in [0, 0.05) is 43.3 Å². The van der Waals surface area contributed by atoms with Crippen molar-refractivity contribution in [3.8, 4) is 22.8 Å². The fraction of sp³-hybridized carbons (Fsp3) is 0.275. The van der Waals surface area contributed by atoms with Crippen LogP contribution in [0.3, 0.4) is 0 Å². The van der Waals surface area contributed by atoms with Crippen molar-refractivity contribution in [3.63, 3.8) is 0 Å². The lowest BCUT2D eigenvalue weighted by molar-refractivity contribution is -0.385. The van der Waals surface area contributed by atoms with Crippen molar-refractivity contribution in [1.82, 2.24) is 25.2 Å². The molecule has 1 saturated carbocycles. The van der Waals surface area contributed by atoms with Gasteiger partial charge >= 0.3 is 23.6 Å². The molecule has 0 aliphatic heterocycles. The highest BCUT2D eigenvalue weighted by molar-refractivity contribution is 9.11. The molecule has 0 radical (unpaired) electrons. The lowest BCUT2D eigenvalue weighted by Crippen LogP contribution is -2.16. The van der Waals surface area contributed by atoms with Gasteiger partial charge in [0.25, 0.3) is 0 Å². The predicted octanol–water partition coefficient (Wildman–Crippen LogP) is 6.64. The van der Waals surface area contributed by atoms with Crippen molar-refractivity contribution in [3.05, 3.63) is 95.7 Å². The van der Waals surface area contributed by atoms with E-state index in [4.69, 9.17) is 19.9 Å². The Labute approximate surface area is 376 Å². The lowest BCUT2D eigenvalue weighted by atomic mass is 10.00. The van der Waals surface area contributed by atoms with E-state index in [2.05, 4.69) is 72.4 Å². The molecule has 0 saturated heterocycles. The van der Waals surface area contributed by atoms with Gasteiger partial charge in [-0.05, 0) is 87.5 Å². The molecule has 1 aliphatic rings. The van der Waals surface area contributed by atoms with Crippen LogP contribution in [0.5, 0.6) is 11.5 Å². The van der Waals surface area contributed by atoms with E-state index < -0.39 is 22.8 Å². The van der Waals surface area contributed by atoms with E-state index in [1.165, 1.54) is 59.4 Å². The Kier molecular flexibility index (Phi) is 16.7. The van der Waals surface area contributed by atoms with Crippen molar-refractivity contribution in [2.45, 2.75) is 26.7 Å². The largest absolute Gasteiger partial charge is 0.493 e. The Bertz CT molecular complexity index is 2560. The summed E-state index contributed by atoms with van der Waals surface area (Å²) in [7, 11) is 8.33. The van der Waals surface area contributed by atoms with Gasteiger partial charge < -0.3 is 40.1 Å². The molecule has 2 aromatic heterocycles. The van der Waals surface area contributed by atoms with Crippen LogP contribution >= 0.6 is 31.9 Å². The number of benzene rings is 3. The molecule has 23 heteroatoms. The number of carbonyl (C=O) groups excluding carboxylic acids is 5. The van der Waals surface area contributed by atoms with Gasteiger partial charge in [-0.3, -0.25) is 19.7 Å². The van der Waals surface area contributed by atoms with E-state index in [0.29, 0.717) is 54.1 Å². The summed E-state index contributed by atoms with van der Waals surface area (Å²) < 4.78 is 24.8. The number of aromatic nitrogens is 5. The molecule has 63 heavy (non-hydrogen) atoms. The number of nitro benzene ring substituents is 1. The van der Waals surface area contributed by atoms with Gasteiger partial charge in [0.2, 0.25) is 11.7 Å². The zero-order valence-electron chi connectivity index (χ0n) is 35.0. The number of hydrogen-bond donors (Lipinski definition) is 3. The average Bonchev–Trinajstić information content (AvgIpc) is 4.03. The molecule has 6 rings (SSSR count). The smallest absolute Gasteiger partial charge is 0.338 e. The summed E-state index contributed by atoms with van der Waals surface area (Å²) in [5.74, 6) is -1.23. The minimum atomic E-state index is -0.647. The maximum atomic E-state index is 12.3. The zero-order valence-corrected chi connectivity index (χ0v) is 38.2. The van der Waals surface area contributed by atoms with Crippen LogP contribution in [0.2, 0.25) is 0 Å². The maximum Gasteiger partial charge on any atom is 0.338 e. The minimum Gasteiger partial charge on any atom is -0.493 e. The van der Waals surface area contributed by atoms with Crippen LogP contribution in [0.15, 0.2) is 57.6 Å². The first-order chi connectivity index (χ1) is 29.9. The molecule has 1 fully saturated rings. The van der Waals surface area contributed by atoms with E-state index in [-0.39, 0.29) is 46.1 Å². The standard InChI is InChI=1S/C22H23N7O4.C9H8BrNO5.C9H10BrNO3/c1-11-15(18-10-23-29(3)28-18)7-14(22(32)33-4)8-16(11)24-17-9-19(25-21(31)13-5-6-13)26-27-20(17)12(2)30;1-15-8-6(10)3-5(9(12)16-2)4-7(8)11(13)14;1-13-8-6(10)3-5(4-7(8)11)9(12)14-2/h7-10,13H,5-6H2,1-4H3,(H2,24,25,26,31);3-4H,1-2H3;3-4H,11H2,1-2H3. The molecular weight excluding hydrogens is 958 g/mol. The number of hydrogen-bond acceptors (Lipinski definition) is 18. The Morgan fingerprint density at radius 2 is 1.37 bits per heavy atom. The van der Waals surface area contributed by atoms with Crippen LogP contribution in [0.25, 0.3) is 11.3 Å². The molecule has 0 atom stereocenters. The first-order valence-corrected chi connectivity index (χ1v) is 19.8. The Morgan fingerprint density at radius 1 is 0.810 bits per heavy atom. The summed E-state index contributed by atoms with van der Waals surface area (Å²) in [4.78, 5) is 70.6. The number of nitrogens with one attached hydrogen (secondary N) is 2.